The number of nitrogens with zero attached hydrogens (tertiary/aromatic N) is 1. The minimum absolute atomic E-state index is 0.00190. The fourth-order valence-electron chi connectivity index (χ4n) is 3.74. The number of carboxylic acids is 1. The average molecular weight is 611 g/mol. The highest BCUT2D eigenvalue weighted by molar-refractivity contribution is 5.94. The lowest BCUT2D eigenvalue weighted by Gasteiger charge is -2.13. The van der Waals surface area contributed by atoms with Crippen LogP contribution in [0.1, 0.15) is 61.0 Å². The van der Waals surface area contributed by atoms with Gasteiger partial charge in [0, 0.05) is 30.2 Å². The summed E-state index contributed by atoms with van der Waals surface area (Å²) in [5.41, 5.74) is 6.02. The molecule has 43 heavy (non-hydrogen) atoms. The molecule has 0 aliphatic rings. The molecule has 0 saturated carbocycles. The van der Waals surface area contributed by atoms with Gasteiger partial charge in [-0.2, -0.15) is 8.78 Å². The van der Waals surface area contributed by atoms with Crippen molar-refractivity contribution in [2.45, 2.75) is 58.3 Å². The summed E-state index contributed by atoms with van der Waals surface area (Å²) in [6.07, 6.45) is 0.664. The maximum atomic E-state index is 14.0. The van der Waals surface area contributed by atoms with Gasteiger partial charge in [0.1, 0.15) is 17.7 Å². The molecule has 2 amide bonds. The van der Waals surface area contributed by atoms with Crippen LogP contribution in [0.25, 0.3) is 11.5 Å². The number of amides is 2. The minimum atomic E-state index is -3.15. The smallest absolute Gasteiger partial charge is 0.387 e. The molecule has 3 aromatic rings. The molecule has 0 fully saturated rings. The molecule has 1 heterocycles. The lowest BCUT2D eigenvalue weighted by molar-refractivity contribution is -0.141. The average Bonchev–Trinajstić information content (AvgIpc) is 3.39. The molecule has 0 spiro atoms. The number of carbonyl (C=O) groups excluding carboxylic acids is 2. The molecule has 1 aromatic heterocycles. The molecule has 0 bridgehead atoms. The Bertz CT molecular complexity index is 1450. The number of oxazole rings is 1. The summed E-state index contributed by atoms with van der Waals surface area (Å²) in [6.45, 7) is -0.562. The van der Waals surface area contributed by atoms with Crippen molar-refractivity contribution in [1.82, 2.24) is 15.6 Å². The summed E-state index contributed by atoms with van der Waals surface area (Å²) in [5.74, 6) is -4.47. The number of ether oxygens (including phenoxy) is 2. The number of nitrogens with one attached hydrogen (secondary N) is 2. The van der Waals surface area contributed by atoms with Gasteiger partial charge in [-0.3, -0.25) is 14.4 Å². The number of hydrogen-bond acceptors (Lipinski definition) is 8. The van der Waals surface area contributed by atoms with Crippen molar-refractivity contribution in [1.29, 1.82) is 0 Å². The molecule has 0 aliphatic heterocycles. The maximum Gasteiger partial charge on any atom is 0.387 e. The number of unbranched alkanes of at least 4 members (excludes halogenated alkanes) is 1. The van der Waals surface area contributed by atoms with E-state index >= 15 is 0 Å². The normalized spacial score (nSPS) is 12.5. The molecular weight excluding hydrogens is 580 g/mol. The zero-order valence-electron chi connectivity index (χ0n) is 23.2. The number of benzene rings is 2. The molecule has 2 aromatic carbocycles. The van der Waals surface area contributed by atoms with Crippen LogP contribution in [0, 0.1) is 11.6 Å². The van der Waals surface area contributed by atoms with Gasteiger partial charge in [-0.25, -0.2) is 13.8 Å². The molecule has 15 heteroatoms. The van der Waals surface area contributed by atoms with Crippen LogP contribution >= 0.6 is 0 Å². The standard InChI is InChI=1S/C28H30F4N4O7/c1-14(33)24-23(25(38)34-13-17-6-8-18(29)12-19(17)30)36-26(43-24)16-7-9-20(42-28(31)32)21(11-16)41-10-4-3-5-22(37)35-15(2)27(39)40/h6-9,11-12,14-15,28H,3-5,10,13,33H2,1-2H3,(H,34,38)(H,35,37)(H,39,40)/t14-,15?/m0/s1. The van der Waals surface area contributed by atoms with Crippen LogP contribution in [0.15, 0.2) is 40.8 Å². The largest absolute Gasteiger partial charge is 0.490 e. The molecule has 232 valence electrons. The molecule has 2 atom stereocenters. The minimum Gasteiger partial charge on any atom is -0.490 e. The Kier molecular flexibility index (Phi) is 11.5. The summed E-state index contributed by atoms with van der Waals surface area (Å²) in [6, 6.07) is 4.95. The fourth-order valence-corrected chi connectivity index (χ4v) is 3.74. The number of nitrogens with two attached hydrogens (primary N) is 1. The maximum absolute atomic E-state index is 14.0. The van der Waals surface area contributed by atoms with Gasteiger partial charge in [0.05, 0.1) is 12.6 Å². The summed E-state index contributed by atoms with van der Waals surface area (Å²) >= 11 is 0. The number of aromatic nitrogens is 1. The van der Waals surface area contributed by atoms with E-state index in [-0.39, 0.29) is 59.5 Å². The zero-order chi connectivity index (χ0) is 31.7. The first-order chi connectivity index (χ1) is 20.3. The van der Waals surface area contributed by atoms with Crippen molar-refractivity contribution in [3.63, 3.8) is 0 Å². The summed E-state index contributed by atoms with van der Waals surface area (Å²) < 4.78 is 69.0. The van der Waals surface area contributed by atoms with Crippen molar-refractivity contribution < 1.29 is 50.9 Å². The predicted molar refractivity (Wildman–Crippen MR) is 143 cm³/mol. The highest BCUT2D eigenvalue weighted by Crippen LogP contribution is 2.35. The highest BCUT2D eigenvalue weighted by Gasteiger charge is 2.24. The van der Waals surface area contributed by atoms with Crippen LogP contribution < -0.4 is 25.8 Å². The van der Waals surface area contributed by atoms with Crippen LogP contribution in [0.4, 0.5) is 17.6 Å². The predicted octanol–water partition coefficient (Wildman–Crippen LogP) is 4.31. The molecule has 0 aliphatic carbocycles. The van der Waals surface area contributed by atoms with Gasteiger partial charge in [0.2, 0.25) is 11.8 Å². The third kappa shape index (κ3) is 9.43. The van der Waals surface area contributed by atoms with Crippen LogP contribution in [0.5, 0.6) is 11.5 Å². The van der Waals surface area contributed by atoms with Crippen molar-refractivity contribution in [3.05, 3.63) is 65.1 Å². The number of alkyl halides is 2. The van der Waals surface area contributed by atoms with Crippen LogP contribution in [-0.2, 0) is 16.1 Å². The number of hydrogen-bond donors (Lipinski definition) is 4. The first-order valence-corrected chi connectivity index (χ1v) is 13.1. The molecular formula is C28H30F4N4O7. The number of aliphatic carboxylic acids is 1. The van der Waals surface area contributed by atoms with E-state index in [4.69, 9.17) is 20.0 Å². The fraction of sp³-hybridized carbons (Fsp3) is 0.357. The van der Waals surface area contributed by atoms with Crippen LogP contribution in [0.2, 0.25) is 0 Å². The van der Waals surface area contributed by atoms with E-state index in [1.807, 2.05) is 0 Å². The first-order valence-electron chi connectivity index (χ1n) is 13.1. The third-order valence-electron chi connectivity index (χ3n) is 5.95. The van der Waals surface area contributed by atoms with E-state index in [1.54, 1.807) is 0 Å². The Labute approximate surface area is 243 Å². The molecule has 0 radical (unpaired) electrons. The van der Waals surface area contributed by atoms with Gasteiger partial charge in [-0.15, -0.1) is 0 Å². The van der Waals surface area contributed by atoms with E-state index in [0.717, 1.165) is 6.07 Å². The second-order valence-electron chi connectivity index (χ2n) is 9.41. The summed E-state index contributed by atoms with van der Waals surface area (Å²) in [7, 11) is 0. The highest BCUT2D eigenvalue weighted by atomic mass is 19.3. The van der Waals surface area contributed by atoms with E-state index < -0.39 is 48.1 Å². The van der Waals surface area contributed by atoms with Crippen molar-refractivity contribution >= 4 is 17.8 Å². The molecule has 5 N–H and O–H groups in total. The summed E-state index contributed by atoms with van der Waals surface area (Å²) in [5, 5.41) is 13.6. The Morgan fingerprint density at radius 1 is 1.07 bits per heavy atom. The van der Waals surface area contributed by atoms with E-state index in [9.17, 15) is 31.9 Å². The van der Waals surface area contributed by atoms with Gasteiger partial charge in [0.15, 0.2) is 23.0 Å². The van der Waals surface area contributed by atoms with Crippen LogP contribution in [0.3, 0.4) is 0 Å². The van der Waals surface area contributed by atoms with Gasteiger partial charge < -0.3 is 35.4 Å². The van der Waals surface area contributed by atoms with E-state index in [2.05, 4.69) is 20.4 Å². The molecule has 1 unspecified atom stereocenters. The Morgan fingerprint density at radius 3 is 2.47 bits per heavy atom. The molecule has 3 rings (SSSR count). The van der Waals surface area contributed by atoms with Crippen molar-refractivity contribution in [2.24, 2.45) is 5.73 Å². The van der Waals surface area contributed by atoms with Gasteiger partial charge in [-0.1, -0.05) is 6.07 Å². The quantitative estimate of drug-likeness (QED) is 0.145. The topological polar surface area (TPSA) is 166 Å². The van der Waals surface area contributed by atoms with Gasteiger partial charge in [-0.05, 0) is 51.0 Å². The third-order valence-corrected chi connectivity index (χ3v) is 5.95. The van der Waals surface area contributed by atoms with E-state index in [0.29, 0.717) is 18.9 Å². The Morgan fingerprint density at radius 2 is 1.81 bits per heavy atom. The zero-order valence-corrected chi connectivity index (χ0v) is 23.2. The number of carbonyl (C=O) groups is 3. The van der Waals surface area contributed by atoms with Crippen LogP contribution in [-0.4, -0.2) is 47.1 Å². The molecule has 11 nitrogen and oxygen atoms in total. The Hall–Kier alpha value is -4.66. The molecule has 0 saturated heterocycles. The number of halogens is 4. The van der Waals surface area contributed by atoms with Crippen molar-refractivity contribution in [3.8, 4) is 23.0 Å². The summed E-state index contributed by atoms with van der Waals surface area (Å²) in [4.78, 5) is 39.8. The second-order valence-corrected chi connectivity index (χ2v) is 9.41. The lowest BCUT2D eigenvalue weighted by Crippen LogP contribution is -2.38. The monoisotopic (exact) mass is 610 g/mol. The SMILES string of the molecule is CC(NC(=O)CCCCOc1cc(-c2nc(C(=O)NCc3ccc(F)cc3F)c([C@H](C)N)o2)ccc1OC(F)F)C(=O)O. The lowest BCUT2D eigenvalue weighted by atomic mass is 10.2. The van der Waals surface area contributed by atoms with E-state index in [1.165, 1.54) is 38.1 Å². The second kappa shape index (κ2) is 15.0. The number of carboxylic acid groups (broad SMARTS) is 1. The van der Waals surface area contributed by atoms with Gasteiger partial charge in [0.25, 0.3) is 5.91 Å². The van der Waals surface area contributed by atoms with Gasteiger partial charge >= 0.3 is 12.6 Å². The Balaban J connectivity index is 1.73. The number of rotatable bonds is 15. The first kappa shape index (κ1) is 32.8. The van der Waals surface area contributed by atoms with Crippen molar-refractivity contribution in [2.75, 3.05) is 6.61 Å².